The minimum absolute atomic E-state index is 0. The third-order valence-electron chi connectivity index (χ3n) is 34.1. The fraction of sp³-hybridized carbons (Fsp3) is 0.792. The van der Waals surface area contributed by atoms with E-state index in [0.717, 1.165) is 113 Å². The van der Waals surface area contributed by atoms with Crippen molar-refractivity contribution in [1.29, 1.82) is 0 Å². The number of hydrogen-bond acceptors (Lipinski definition) is 9. The van der Waals surface area contributed by atoms with Crippen molar-refractivity contribution in [3.8, 4) is 0 Å². The van der Waals surface area contributed by atoms with E-state index in [1.165, 1.54) is 274 Å². The Hall–Kier alpha value is -4.04. The Kier molecular flexibility index (Phi) is 46.9. The van der Waals surface area contributed by atoms with E-state index in [1.807, 2.05) is 50.2 Å². The van der Waals surface area contributed by atoms with Crippen molar-refractivity contribution in [2.45, 2.75) is 468 Å². The molecule has 7 saturated carbocycles. The lowest BCUT2D eigenvalue weighted by Gasteiger charge is -2.45. The van der Waals surface area contributed by atoms with Crippen LogP contribution in [-0.4, -0.2) is 139 Å². The number of halogens is 1. The van der Waals surface area contributed by atoms with Gasteiger partial charge in [-0.05, 0) is 373 Å². The molecule has 4 aromatic carbocycles. The summed E-state index contributed by atoms with van der Waals surface area (Å²) in [5.74, 6) is 6.29. The zero-order valence-corrected chi connectivity index (χ0v) is 89.9. The quantitative estimate of drug-likeness (QED) is 0.0799. The summed E-state index contributed by atoms with van der Waals surface area (Å²) in [7, 11) is 0. The van der Waals surface area contributed by atoms with Crippen LogP contribution >= 0.6 is 0 Å². The minimum atomic E-state index is -0.0825. The highest BCUT2D eigenvalue weighted by atomic mass is 19.1. The van der Waals surface area contributed by atoms with Crippen LogP contribution in [0.1, 0.15) is 428 Å². The predicted molar refractivity (Wildman–Crippen MR) is 569 cm³/mol. The normalized spacial score (nSPS) is 27.6. The number of nitrogens with one attached hydrogen (secondary N) is 5. The molecule has 5 N–H and O–H groups in total. The van der Waals surface area contributed by atoms with Gasteiger partial charge in [-0.2, -0.15) is 0 Å². The van der Waals surface area contributed by atoms with Crippen LogP contribution in [0, 0.1) is 113 Å². The van der Waals surface area contributed by atoms with Gasteiger partial charge in [-0.3, -0.25) is 19.5 Å². The van der Waals surface area contributed by atoms with Crippen LogP contribution in [-0.2, 0) is 13.1 Å². The van der Waals surface area contributed by atoms with Gasteiger partial charge in [0.15, 0.2) is 0 Å². The minimum Gasteiger partial charge on any atom is -0.349 e. The first-order valence-electron chi connectivity index (χ1n) is 54.2. The van der Waals surface area contributed by atoms with Gasteiger partial charge in [0.1, 0.15) is 5.82 Å². The number of benzene rings is 4. The number of likely N-dealkylation sites (tertiary alicyclic amines) is 1. The van der Waals surface area contributed by atoms with Gasteiger partial charge in [0.05, 0.1) is 0 Å². The largest absolute Gasteiger partial charge is 0.349 e. The first-order valence-corrected chi connectivity index (χ1v) is 54.2. The van der Waals surface area contributed by atoms with Gasteiger partial charge >= 0.3 is 0 Å². The molecule has 14 rings (SSSR count). The van der Waals surface area contributed by atoms with E-state index >= 15 is 0 Å². The molecule has 7 aliphatic carbocycles. The molecule has 4 aromatic rings. The van der Waals surface area contributed by atoms with Gasteiger partial charge in [0.25, 0.3) is 5.91 Å². The van der Waals surface area contributed by atoms with Crippen LogP contribution in [0.15, 0.2) is 91.0 Å². The van der Waals surface area contributed by atoms with Crippen LogP contribution < -0.4 is 26.6 Å². The van der Waals surface area contributed by atoms with Crippen molar-refractivity contribution in [2.75, 3.05) is 65.4 Å². The molecule has 10 aliphatic rings. The topological polar surface area (TPSA) is 90.2 Å². The highest BCUT2D eigenvalue weighted by Crippen LogP contribution is 2.46. The molecular formula is C120H210FN9O. The van der Waals surface area contributed by atoms with Crippen LogP contribution in [0.2, 0.25) is 0 Å². The number of carbonyl (C=O) groups excluding carboxylic acids is 1. The number of piperidine rings is 1. The molecule has 1 atom stereocenters. The summed E-state index contributed by atoms with van der Waals surface area (Å²) in [5, 5.41) is 17.8. The Morgan fingerprint density at radius 3 is 1.08 bits per heavy atom. The smallest absolute Gasteiger partial charge is 0.251 e. The van der Waals surface area contributed by atoms with E-state index in [9.17, 15) is 9.18 Å². The lowest BCUT2D eigenvalue weighted by molar-refractivity contribution is 0.0446. The van der Waals surface area contributed by atoms with Gasteiger partial charge in [0, 0.05) is 131 Å². The Morgan fingerprint density at radius 2 is 0.702 bits per heavy atom. The number of carbonyl (C=O) groups is 1. The van der Waals surface area contributed by atoms with E-state index < -0.39 is 0 Å². The van der Waals surface area contributed by atoms with Crippen molar-refractivity contribution in [2.24, 2.45) is 79.3 Å². The van der Waals surface area contributed by atoms with E-state index in [1.54, 1.807) is 6.07 Å². The zero-order chi connectivity index (χ0) is 95.4. The molecule has 3 saturated heterocycles. The Labute approximate surface area is 810 Å². The number of aryl methyl sites for hydroxylation is 4. The molecule has 3 heterocycles. The Morgan fingerprint density at radius 1 is 0.366 bits per heavy atom. The van der Waals surface area contributed by atoms with Gasteiger partial charge in [-0.1, -0.05) is 244 Å². The third-order valence-corrected chi connectivity index (χ3v) is 34.1. The summed E-state index contributed by atoms with van der Waals surface area (Å²) in [5.41, 5.74) is 12.6. The van der Waals surface area contributed by atoms with Crippen LogP contribution in [0.25, 0.3) is 0 Å². The Balaban J connectivity index is 0.000000209. The molecule has 10 fully saturated rings. The molecule has 0 radical (unpaired) electrons. The number of amides is 1. The maximum absolute atomic E-state index is 13.8. The fourth-order valence-electron chi connectivity index (χ4n) is 24.1. The SMILES string of the molecule is C.CC(C)(C)C1CCC(N2CCCCC2)CC1.CC(C)(C)C1CCC(N2CCNCC2)CC1.CC(C)N1CCN(C2CCC(C(C)(C)C)CC2)CC1.Cc1ccc(CNC2CCC(C(C)(C)C)CC2)c(F)c1.Cc1ccc(CNC2CCC(C(C)(C)C)CC2)cc1.Cc1ccccc1C(=O)NC1CCC(C(C)(C)C)CC1.Cc1ccccc1C(C)NC1CCC(C(C)(C)C)CC1. The van der Waals surface area contributed by atoms with Crippen molar-refractivity contribution in [3.63, 3.8) is 0 Å². The number of rotatable bonds is 15. The van der Waals surface area contributed by atoms with Gasteiger partial charge < -0.3 is 31.5 Å². The molecule has 131 heavy (non-hydrogen) atoms. The molecule has 10 nitrogen and oxygen atoms in total. The van der Waals surface area contributed by atoms with Gasteiger partial charge in [-0.25, -0.2) is 4.39 Å². The molecular weight excluding hydrogens is 1600 g/mol. The van der Waals surface area contributed by atoms with Crippen LogP contribution in [0.5, 0.6) is 0 Å². The van der Waals surface area contributed by atoms with E-state index in [2.05, 4.69) is 275 Å². The monoisotopic (exact) mass is 1810 g/mol. The first-order chi connectivity index (χ1) is 61.1. The van der Waals surface area contributed by atoms with Crippen molar-refractivity contribution >= 4 is 5.91 Å². The summed E-state index contributed by atoms with van der Waals surface area (Å²) in [6.45, 7) is 79.7. The standard InChI is InChI=1S/C19H31N.C18H28FN.C18H27NO.C18H29N.C17H34N2.C15H29N.C14H28N2.CH4/c1-14-8-6-7-9-18(14)15(2)20-17-12-10-16(11-13-17)19(3,4)5;1-13-5-6-14(17(19)11-13)12-20-16-9-7-15(8-10-16)18(2,3)4;1-13-7-5-6-8-16(13)17(20)19-15-11-9-14(10-12-15)18(2,3)4;1-14-5-7-15(8-6-14)13-19-17-11-9-16(10-12-17)18(2,3)4;1-14(2)18-10-12-19(13-11-18)16-8-6-15(7-9-16)17(3,4)5;1-15(2,3)13-7-9-14(10-8-13)16-11-5-4-6-12-16;1-14(2,3)12-4-6-13(7-5-12)16-10-8-15-9-11-16;/h6-9,15-17,20H,10-13H2,1-5H3;5-6,11,15-16,20H,7-10,12H2,1-4H3;5-8,14-15H,9-12H2,1-4H3,(H,19,20);5-8,16-17,19H,9-13H2,1-4H3;14-16H,6-13H2,1-5H3;13-14H,4-12H2,1-3H3;12-13,15H,4-11H2,1-3H3;1H4. The van der Waals surface area contributed by atoms with Crippen LogP contribution in [0.4, 0.5) is 4.39 Å². The Bertz CT molecular complexity index is 3690. The molecule has 0 bridgehead atoms. The maximum Gasteiger partial charge on any atom is 0.251 e. The summed E-state index contributed by atoms with van der Waals surface area (Å²) in [6.07, 6.45) is 42.3. The van der Waals surface area contributed by atoms with E-state index in [0.29, 0.717) is 68.6 Å². The molecule has 1 amide bonds. The molecule has 3 aliphatic heterocycles. The number of nitrogens with zero attached hydrogens (tertiary/aromatic N) is 4. The van der Waals surface area contributed by atoms with E-state index in [-0.39, 0.29) is 19.2 Å². The highest BCUT2D eigenvalue weighted by Gasteiger charge is 2.39. The van der Waals surface area contributed by atoms with Crippen molar-refractivity contribution in [1.82, 2.24) is 46.2 Å². The molecule has 0 spiro atoms. The lowest BCUT2D eigenvalue weighted by Crippen LogP contribution is -2.52. The third kappa shape index (κ3) is 39.6. The summed E-state index contributed by atoms with van der Waals surface area (Å²) < 4.78 is 13.8. The zero-order valence-electron chi connectivity index (χ0n) is 89.9. The highest BCUT2D eigenvalue weighted by molar-refractivity contribution is 5.95. The summed E-state index contributed by atoms with van der Waals surface area (Å²) in [4.78, 5) is 23.2. The molecule has 1 unspecified atom stereocenters. The average molecular weight is 1810 g/mol. The second-order valence-electron chi connectivity index (χ2n) is 51.2. The van der Waals surface area contributed by atoms with Gasteiger partial charge in [0.2, 0.25) is 0 Å². The maximum atomic E-state index is 13.8. The predicted octanol–water partition coefficient (Wildman–Crippen LogP) is 29.9. The van der Waals surface area contributed by atoms with Crippen molar-refractivity contribution < 1.29 is 9.18 Å². The molecule has 0 aromatic heterocycles. The second kappa shape index (κ2) is 53.9. The molecule has 748 valence electrons. The second-order valence-corrected chi connectivity index (χ2v) is 51.2. The summed E-state index contributed by atoms with van der Waals surface area (Å²) >= 11 is 0. The number of hydrogen-bond donors (Lipinski definition) is 5. The van der Waals surface area contributed by atoms with E-state index in [4.69, 9.17) is 0 Å². The molecule has 11 heteroatoms. The van der Waals surface area contributed by atoms with Crippen LogP contribution in [0.3, 0.4) is 0 Å². The van der Waals surface area contributed by atoms with Crippen molar-refractivity contribution in [3.05, 3.63) is 141 Å². The van der Waals surface area contributed by atoms with Gasteiger partial charge in [-0.15, -0.1) is 0 Å². The lowest BCUT2D eigenvalue weighted by atomic mass is 9.71. The average Bonchev–Trinajstić information content (AvgIpc) is 0.799. The fourth-order valence-corrected chi connectivity index (χ4v) is 24.1. The first kappa shape index (κ1) is 114. The number of piperazine rings is 2. The summed E-state index contributed by atoms with van der Waals surface area (Å²) in [6, 6.07) is 37.1.